The van der Waals surface area contributed by atoms with Crippen molar-refractivity contribution in [1.82, 2.24) is 14.8 Å². The van der Waals surface area contributed by atoms with Gasteiger partial charge in [-0.3, -0.25) is 4.79 Å². The lowest BCUT2D eigenvalue weighted by Gasteiger charge is -2.21. The highest BCUT2D eigenvalue weighted by molar-refractivity contribution is 7.99. The van der Waals surface area contributed by atoms with Crippen LogP contribution < -0.4 is 5.32 Å². The van der Waals surface area contributed by atoms with Gasteiger partial charge in [-0.15, -0.1) is 21.5 Å². The number of esters is 1. The normalized spacial score (nSPS) is 14.5. The zero-order valence-corrected chi connectivity index (χ0v) is 20.2. The van der Waals surface area contributed by atoms with E-state index in [9.17, 15) is 9.59 Å². The van der Waals surface area contributed by atoms with Gasteiger partial charge in [0.05, 0.1) is 17.9 Å². The van der Waals surface area contributed by atoms with Crippen LogP contribution in [0.15, 0.2) is 11.2 Å². The Kier molecular flexibility index (Phi) is 8.95. The van der Waals surface area contributed by atoms with Crippen LogP contribution in [0.2, 0.25) is 0 Å². The SMILES string of the molecule is CCOC(=O)c1cc(C)sc1NC(=O)CSc1nnc(CCC2CCCCC2)n1CC. The number of aromatic nitrogens is 3. The highest BCUT2D eigenvalue weighted by atomic mass is 32.2. The number of aryl methyl sites for hydroxylation is 2. The molecule has 170 valence electrons. The summed E-state index contributed by atoms with van der Waals surface area (Å²) in [6.07, 6.45) is 8.84. The lowest BCUT2D eigenvalue weighted by Crippen LogP contribution is -2.16. The van der Waals surface area contributed by atoms with Crippen LogP contribution in [0.1, 0.15) is 73.4 Å². The number of carbonyl (C=O) groups excluding carboxylic acids is 2. The molecule has 0 spiro atoms. The fraction of sp³-hybridized carbons (Fsp3) is 0.636. The van der Waals surface area contributed by atoms with Crippen LogP contribution in [0.5, 0.6) is 0 Å². The van der Waals surface area contributed by atoms with Gasteiger partial charge in [-0.05, 0) is 39.2 Å². The standard InChI is InChI=1S/C22H32N4O3S2/c1-4-26-18(12-11-16-9-7-6-8-10-16)24-25-22(26)30-14-19(27)23-20-17(13-15(3)31-20)21(28)29-5-2/h13,16H,4-12,14H2,1-3H3,(H,23,27). The molecule has 2 heterocycles. The molecule has 3 rings (SSSR count). The van der Waals surface area contributed by atoms with Crippen molar-refractivity contribution >= 4 is 40.0 Å². The molecule has 1 saturated carbocycles. The molecule has 0 aromatic carbocycles. The molecule has 2 aromatic heterocycles. The number of thiophene rings is 1. The molecule has 1 aliphatic rings. The van der Waals surface area contributed by atoms with Gasteiger partial charge in [0.25, 0.3) is 0 Å². The molecule has 0 unspecified atom stereocenters. The zero-order valence-electron chi connectivity index (χ0n) is 18.6. The summed E-state index contributed by atoms with van der Waals surface area (Å²) in [5.41, 5.74) is 0.407. The molecule has 7 nitrogen and oxygen atoms in total. The second-order valence-corrected chi connectivity index (χ2v) is 10.0. The molecule has 0 saturated heterocycles. The number of anilines is 1. The monoisotopic (exact) mass is 464 g/mol. The minimum Gasteiger partial charge on any atom is -0.462 e. The topological polar surface area (TPSA) is 86.1 Å². The summed E-state index contributed by atoms with van der Waals surface area (Å²) < 4.78 is 7.19. The average molecular weight is 465 g/mol. The van der Waals surface area contributed by atoms with Gasteiger partial charge in [0.1, 0.15) is 10.8 Å². The van der Waals surface area contributed by atoms with Gasteiger partial charge in [0.2, 0.25) is 5.91 Å². The smallest absolute Gasteiger partial charge is 0.341 e. The van der Waals surface area contributed by atoms with Crippen molar-refractivity contribution < 1.29 is 14.3 Å². The van der Waals surface area contributed by atoms with Crippen molar-refractivity contribution in [2.24, 2.45) is 5.92 Å². The second kappa shape index (κ2) is 11.7. The maximum Gasteiger partial charge on any atom is 0.341 e. The van der Waals surface area contributed by atoms with Gasteiger partial charge in [0, 0.05) is 17.8 Å². The first-order valence-corrected chi connectivity index (χ1v) is 12.9. The Labute approximate surface area is 192 Å². The van der Waals surface area contributed by atoms with Gasteiger partial charge in [-0.25, -0.2) is 4.79 Å². The molecule has 9 heteroatoms. The van der Waals surface area contributed by atoms with Crippen LogP contribution in [-0.2, 0) is 22.5 Å². The number of hydrogen-bond donors (Lipinski definition) is 1. The van der Waals surface area contributed by atoms with E-state index in [1.807, 2.05) is 6.92 Å². The summed E-state index contributed by atoms with van der Waals surface area (Å²) in [6.45, 7) is 6.83. The molecule has 31 heavy (non-hydrogen) atoms. The maximum atomic E-state index is 12.5. The third-order valence-electron chi connectivity index (χ3n) is 5.55. The van der Waals surface area contributed by atoms with E-state index < -0.39 is 5.97 Å². The third-order valence-corrected chi connectivity index (χ3v) is 7.48. The van der Waals surface area contributed by atoms with Crippen molar-refractivity contribution in [2.45, 2.75) is 77.4 Å². The van der Waals surface area contributed by atoms with Crippen LogP contribution in [0.3, 0.4) is 0 Å². The molecule has 1 fully saturated rings. The van der Waals surface area contributed by atoms with Crippen molar-refractivity contribution in [1.29, 1.82) is 0 Å². The summed E-state index contributed by atoms with van der Waals surface area (Å²) in [7, 11) is 0. The zero-order chi connectivity index (χ0) is 22.2. The van der Waals surface area contributed by atoms with Gasteiger partial charge in [-0.2, -0.15) is 0 Å². The molecule has 0 bridgehead atoms. The fourth-order valence-electron chi connectivity index (χ4n) is 4.00. The van der Waals surface area contributed by atoms with Gasteiger partial charge in [0.15, 0.2) is 5.16 Å². The summed E-state index contributed by atoms with van der Waals surface area (Å²) in [5, 5.41) is 12.9. The Balaban J connectivity index is 1.55. The predicted molar refractivity (Wildman–Crippen MR) is 125 cm³/mol. The van der Waals surface area contributed by atoms with Crippen molar-refractivity contribution in [3.63, 3.8) is 0 Å². The Morgan fingerprint density at radius 1 is 1.26 bits per heavy atom. The number of amides is 1. The Morgan fingerprint density at radius 2 is 2.03 bits per heavy atom. The number of nitrogens with zero attached hydrogens (tertiary/aromatic N) is 3. The van der Waals surface area contributed by atoms with Crippen LogP contribution >= 0.6 is 23.1 Å². The van der Waals surface area contributed by atoms with Crippen LogP contribution in [0.25, 0.3) is 0 Å². The molecule has 1 amide bonds. The van der Waals surface area contributed by atoms with Crippen LogP contribution in [0, 0.1) is 12.8 Å². The lowest BCUT2D eigenvalue weighted by molar-refractivity contribution is -0.113. The van der Waals surface area contributed by atoms with Crippen LogP contribution in [-0.4, -0.2) is 39.0 Å². The summed E-state index contributed by atoms with van der Waals surface area (Å²) in [6, 6.07) is 1.75. The van der Waals surface area contributed by atoms with E-state index in [0.717, 1.165) is 41.2 Å². The van der Waals surface area contributed by atoms with Gasteiger partial charge >= 0.3 is 5.97 Å². The number of hydrogen-bond acceptors (Lipinski definition) is 7. The molecule has 0 atom stereocenters. The van der Waals surface area contributed by atoms with E-state index in [2.05, 4.69) is 27.0 Å². The van der Waals surface area contributed by atoms with Crippen molar-refractivity contribution in [3.05, 3.63) is 22.3 Å². The molecule has 0 radical (unpaired) electrons. The first-order chi connectivity index (χ1) is 15.0. The largest absolute Gasteiger partial charge is 0.462 e. The van der Waals surface area contributed by atoms with Gasteiger partial charge < -0.3 is 14.6 Å². The van der Waals surface area contributed by atoms with E-state index in [-0.39, 0.29) is 11.7 Å². The summed E-state index contributed by atoms with van der Waals surface area (Å²) in [4.78, 5) is 25.6. The summed E-state index contributed by atoms with van der Waals surface area (Å²) in [5.74, 6) is 1.44. The Morgan fingerprint density at radius 3 is 2.74 bits per heavy atom. The highest BCUT2D eigenvalue weighted by Gasteiger charge is 2.20. The molecule has 2 aromatic rings. The molecule has 0 aliphatic heterocycles. The second-order valence-electron chi connectivity index (χ2n) is 7.84. The van der Waals surface area contributed by atoms with E-state index in [4.69, 9.17) is 4.74 Å². The number of nitrogens with one attached hydrogen (secondary N) is 1. The van der Waals surface area contributed by atoms with E-state index in [0.29, 0.717) is 17.2 Å². The lowest BCUT2D eigenvalue weighted by atomic mass is 9.86. The summed E-state index contributed by atoms with van der Waals surface area (Å²) >= 11 is 2.75. The first-order valence-electron chi connectivity index (χ1n) is 11.1. The molecular weight excluding hydrogens is 432 g/mol. The first kappa shape index (κ1) is 23.8. The highest BCUT2D eigenvalue weighted by Crippen LogP contribution is 2.30. The Bertz CT molecular complexity index is 887. The fourth-order valence-corrected chi connectivity index (χ4v) is 5.73. The maximum absolute atomic E-state index is 12.5. The van der Waals surface area contributed by atoms with Crippen LogP contribution in [0.4, 0.5) is 5.00 Å². The number of ether oxygens (including phenoxy) is 1. The molecule has 1 aliphatic carbocycles. The number of thioether (sulfide) groups is 1. The minimum atomic E-state index is -0.414. The van der Waals surface area contributed by atoms with Crippen molar-refractivity contribution in [2.75, 3.05) is 17.7 Å². The minimum absolute atomic E-state index is 0.174. The number of carbonyl (C=O) groups is 2. The van der Waals surface area contributed by atoms with Gasteiger partial charge in [-0.1, -0.05) is 43.9 Å². The van der Waals surface area contributed by atoms with E-state index in [1.165, 1.54) is 55.2 Å². The Hall–Kier alpha value is -1.87. The van der Waals surface area contributed by atoms with E-state index in [1.54, 1.807) is 13.0 Å². The number of rotatable bonds is 10. The quantitative estimate of drug-likeness (QED) is 0.389. The molecular formula is C22H32N4O3S2. The third kappa shape index (κ3) is 6.55. The molecule has 1 N–H and O–H groups in total. The average Bonchev–Trinajstić information content (AvgIpc) is 3.34. The van der Waals surface area contributed by atoms with E-state index >= 15 is 0 Å². The van der Waals surface area contributed by atoms with Crippen molar-refractivity contribution in [3.8, 4) is 0 Å². The predicted octanol–water partition coefficient (Wildman–Crippen LogP) is 5.09.